The van der Waals surface area contributed by atoms with Crippen LogP contribution in [0, 0.1) is 6.92 Å². The highest BCUT2D eigenvalue weighted by Gasteiger charge is 2.37. The van der Waals surface area contributed by atoms with Gasteiger partial charge in [0.2, 0.25) is 11.6 Å². The summed E-state index contributed by atoms with van der Waals surface area (Å²) in [5.41, 5.74) is 1.56. The number of esters is 2. The van der Waals surface area contributed by atoms with Crippen LogP contribution < -0.4 is 20.9 Å². The molecule has 8 rings (SSSR count). The van der Waals surface area contributed by atoms with Gasteiger partial charge in [-0.1, -0.05) is 103 Å². The topological polar surface area (TPSA) is 86.7 Å². The van der Waals surface area contributed by atoms with Gasteiger partial charge in [-0.2, -0.15) is 0 Å². The Morgan fingerprint density at radius 3 is 1.45 bits per heavy atom. The molecule has 0 aliphatic heterocycles. The van der Waals surface area contributed by atoms with Crippen LogP contribution in [0.5, 0.6) is 0 Å². The van der Waals surface area contributed by atoms with Gasteiger partial charge >= 0.3 is 11.9 Å². The molecule has 47 heavy (non-hydrogen) atoms. The fraction of sp³-hybridized carbons (Fsp3) is 0.0244. The lowest BCUT2D eigenvalue weighted by atomic mass is 9.83. The van der Waals surface area contributed by atoms with Crippen molar-refractivity contribution >= 4 is 67.7 Å². The summed E-state index contributed by atoms with van der Waals surface area (Å²) < 4.78 is 11.8. The summed E-state index contributed by atoms with van der Waals surface area (Å²) in [4.78, 5) is 55.7. The smallest absolute Gasteiger partial charge is 0.343 e. The molecule has 6 aromatic carbocycles. The zero-order valence-corrected chi connectivity index (χ0v) is 25.1. The first kappa shape index (κ1) is 28.1. The number of rotatable bonds is 4. The number of ether oxygens (including phenoxy) is 2. The Balaban J connectivity index is 1.28. The third kappa shape index (κ3) is 4.66. The van der Waals surface area contributed by atoms with E-state index in [0.717, 1.165) is 27.1 Å². The molecule has 0 saturated carbocycles. The monoisotopic (exact) mass is 612 g/mol. The molecule has 0 fully saturated rings. The standard InChI is InChI=1S/C41H24O6/c1-23-14-19-31-33(20-23)39(47-41(45)29-18-16-25-9-3-5-11-27(25)22-29)37(43)34-30-12-6-7-13-32(30)38(36(42)35(31)34)46-40(44)28-17-15-24-8-2-4-10-26(24)21-28/h2-22H,1H3. The van der Waals surface area contributed by atoms with E-state index in [0.29, 0.717) is 20.9 Å². The third-order valence-electron chi connectivity index (χ3n) is 8.61. The summed E-state index contributed by atoms with van der Waals surface area (Å²) in [6, 6.07) is 37.7. The largest absolute Gasteiger partial charge is 0.418 e. The summed E-state index contributed by atoms with van der Waals surface area (Å²) >= 11 is 0. The molecule has 0 atom stereocenters. The van der Waals surface area contributed by atoms with Crippen molar-refractivity contribution in [3.63, 3.8) is 0 Å². The fourth-order valence-corrected chi connectivity index (χ4v) is 6.31. The second kappa shape index (κ2) is 10.9. The lowest BCUT2D eigenvalue weighted by molar-refractivity contribution is -0.112. The molecule has 0 saturated heterocycles. The molecular formula is C41H24O6. The van der Waals surface area contributed by atoms with Crippen molar-refractivity contribution in [2.75, 3.05) is 0 Å². The van der Waals surface area contributed by atoms with Crippen molar-refractivity contribution in [3.05, 3.63) is 165 Å². The molecule has 0 bridgehead atoms. The van der Waals surface area contributed by atoms with Crippen molar-refractivity contribution in [3.8, 4) is 0 Å². The van der Waals surface area contributed by atoms with Gasteiger partial charge in [0, 0.05) is 21.6 Å². The predicted molar refractivity (Wildman–Crippen MR) is 178 cm³/mol. The Bertz CT molecular complexity index is 2660. The summed E-state index contributed by atoms with van der Waals surface area (Å²) in [5, 5.41) is 5.07. The molecule has 0 radical (unpaired) electrons. The minimum absolute atomic E-state index is 0.0915. The van der Waals surface area contributed by atoms with E-state index in [1.807, 2.05) is 73.7 Å². The average Bonchev–Trinajstić information content (AvgIpc) is 3.10. The molecule has 0 spiro atoms. The van der Waals surface area contributed by atoms with Crippen molar-refractivity contribution < 1.29 is 28.7 Å². The highest BCUT2D eigenvalue weighted by molar-refractivity contribution is 6.58. The lowest BCUT2D eigenvalue weighted by Crippen LogP contribution is -2.47. The van der Waals surface area contributed by atoms with E-state index in [-0.39, 0.29) is 33.8 Å². The number of aryl methyl sites for hydroxylation is 1. The van der Waals surface area contributed by atoms with Crippen LogP contribution in [-0.2, 0) is 19.1 Å². The van der Waals surface area contributed by atoms with Crippen molar-refractivity contribution in [1.82, 2.24) is 0 Å². The second-order valence-corrected chi connectivity index (χ2v) is 11.6. The molecule has 2 aliphatic carbocycles. The molecule has 0 unspecified atom stereocenters. The maximum absolute atomic E-state index is 14.4. The van der Waals surface area contributed by atoms with Crippen molar-refractivity contribution in [2.24, 2.45) is 0 Å². The lowest BCUT2D eigenvalue weighted by Gasteiger charge is -2.22. The summed E-state index contributed by atoms with van der Waals surface area (Å²) in [7, 11) is 0. The molecule has 0 aromatic heterocycles. The highest BCUT2D eigenvalue weighted by atomic mass is 16.5. The minimum Gasteiger partial charge on any atom is -0.418 e. The van der Waals surface area contributed by atoms with E-state index in [9.17, 15) is 19.2 Å². The molecule has 6 nitrogen and oxygen atoms in total. The van der Waals surface area contributed by atoms with Crippen LogP contribution >= 0.6 is 0 Å². The first-order chi connectivity index (χ1) is 22.9. The van der Waals surface area contributed by atoms with Gasteiger partial charge in [0.15, 0.2) is 11.5 Å². The molecular weight excluding hydrogens is 588 g/mol. The quantitative estimate of drug-likeness (QED) is 0.275. The fourth-order valence-electron chi connectivity index (χ4n) is 6.31. The zero-order valence-electron chi connectivity index (χ0n) is 25.1. The second-order valence-electron chi connectivity index (χ2n) is 11.6. The molecule has 6 heteroatoms. The normalized spacial score (nSPS) is 13.7. The van der Waals surface area contributed by atoms with E-state index >= 15 is 0 Å². The molecule has 224 valence electrons. The number of carbonyl (C=O) groups excluding carboxylic acids is 4. The van der Waals surface area contributed by atoms with Gasteiger partial charge in [0.25, 0.3) is 0 Å². The summed E-state index contributed by atoms with van der Waals surface area (Å²) in [6.07, 6.45) is 0. The van der Waals surface area contributed by atoms with E-state index in [4.69, 9.17) is 9.47 Å². The number of hydrogen-bond acceptors (Lipinski definition) is 6. The van der Waals surface area contributed by atoms with E-state index in [1.54, 1.807) is 60.7 Å². The maximum atomic E-state index is 14.4. The van der Waals surface area contributed by atoms with E-state index in [1.165, 1.54) is 0 Å². The molecule has 0 amide bonds. The summed E-state index contributed by atoms with van der Waals surface area (Å²) in [6.45, 7) is 1.85. The Morgan fingerprint density at radius 1 is 0.447 bits per heavy atom. The van der Waals surface area contributed by atoms with Crippen LogP contribution in [0.3, 0.4) is 0 Å². The molecule has 0 N–H and O–H groups in total. The van der Waals surface area contributed by atoms with E-state index < -0.39 is 23.5 Å². The van der Waals surface area contributed by atoms with Crippen LogP contribution in [0.1, 0.15) is 26.3 Å². The summed E-state index contributed by atoms with van der Waals surface area (Å²) in [5.74, 6) is -2.93. The van der Waals surface area contributed by atoms with Gasteiger partial charge in [-0.3, -0.25) is 9.59 Å². The van der Waals surface area contributed by atoms with Gasteiger partial charge in [0.05, 0.1) is 11.1 Å². The first-order valence-corrected chi connectivity index (χ1v) is 15.1. The molecule has 0 heterocycles. The average molecular weight is 613 g/mol. The number of fused-ring (bicyclic) bond motifs is 5. The number of benzene rings is 6. The third-order valence-corrected chi connectivity index (χ3v) is 8.61. The zero-order chi connectivity index (χ0) is 32.2. The van der Waals surface area contributed by atoms with Crippen LogP contribution in [-0.4, -0.2) is 23.5 Å². The van der Waals surface area contributed by atoms with Crippen LogP contribution in [0.2, 0.25) is 0 Å². The predicted octanol–water partition coefficient (Wildman–Crippen LogP) is 4.40. The number of hydrogen-bond donors (Lipinski definition) is 0. The van der Waals surface area contributed by atoms with E-state index in [2.05, 4.69) is 0 Å². The van der Waals surface area contributed by atoms with Crippen LogP contribution in [0.25, 0.3) is 44.2 Å². The van der Waals surface area contributed by atoms with Crippen LogP contribution in [0.15, 0.2) is 127 Å². The van der Waals surface area contributed by atoms with Gasteiger partial charge in [0.1, 0.15) is 0 Å². The molecule has 2 aliphatic rings. The minimum atomic E-state index is -0.694. The van der Waals surface area contributed by atoms with Crippen molar-refractivity contribution in [1.29, 1.82) is 0 Å². The van der Waals surface area contributed by atoms with Crippen molar-refractivity contribution in [2.45, 2.75) is 6.92 Å². The Hall–Kier alpha value is -6.40. The number of Topliss-reactive ketones (excluding diaryl/α,β-unsaturated/α-hetero) is 2. The number of carbonyl (C=O) groups is 4. The molecule has 6 aromatic rings. The first-order valence-electron chi connectivity index (χ1n) is 15.1. The Kier molecular flexibility index (Phi) is 6.51. The van der Waals surface area contributed by atoms with Gasteiger partial charge in [-0.15, -0.1) is 0 Å². The Labute approximate surface area is 267 Å². The number of ketones is 2. The van der Waals surface area contributed by atoms with Gasteiger partial charge in [-0.25, -0.2) is 9.59 Å². The van der Waals surface area contributed by atoms with Crippen LogP contribution in [0.4, 0.5) is 0 Å². The highest BCUT2D eigenvalue weighted by Crippen LogP contribution is 2.27. The maximum Gasteiger partial charge on any atom is 0.343 e. The van der Waals surface area contributed by atoms with Gasteiger partial charge < -0.3 is 9.47 Å². The van der Waals surface area contributed by atoms with Gasteiger partial charge in [-0.05, 0) is 69.2 Å². The SMILES string of the molecule is Cc1ccc2c(c1)=C(OC(=O)c1ccc3ccccc3c1)C(=O)C1=c3ccccc3=C(OC(=O)c3ccc4ccccc4c3)C(=O)C=21. The Morgan fingerprint density at radius 2 is 0.894 bits per heavy atom.